The van der Waals surface area contributed by atoms with Gasteiger partial charge in [0.2, 0.25) is 0 Å². The molecule has 0 aliphatic carbocycles. The van der Waals surface area contributed by atoms with E-state index in [2.05, 4.69) is 63.3 Å². The molecule has 27 heavy (non-hydrogen) atoms. The fraction of sp³-hybridized carbons (Fsp3) is 0.455. The quantitative estimate of drug-likeness (QED) is 0.735. The Morgan fingerprint density at radius 1 is 1.22 bits per heavy atom. The highest BCUT2D eigenvalue weighted by atomic mass is 16.5. The molecule has 1 aliphatic heterocycles. The highest BCUT2D eigenvalue weighted by Crippen LogP contribution is 2.32. The highest BCUT2D eigenvalue weighted by Gasteiger charge is 2.23. The molecule has 3 heterocycles. The SMILES string of the molecule is Cc1nn2c(NCC3CCCO3)cc(C(C)(C)C)nc2c1-c1ccccc1. The summed E-state index contributed by atoms with van der Waals surface area (Å²) in [6.07, 6.45) is 2.53. The van der Waals surface area contributed by atoms with E-state index < -0.39 is 0 Å². The summed E-state index contributed by atoms with van der Waals surface area (Å²) in [5.41, 5.74) is 5.15. The van der Waals surface area contributed by atoms with Crippen molar-refractivity contribution in [3.8, 4) is 11.1 Å². The number of ether oxygens (including phenoxy) is 1. The topological polar surface area (TPSA) is 51.5 Å². The number of benzene rings is 1. The zero-order valence-electron chi connectivity index (χ0n) is 16.6. The fourth-order valence-corrected chi connectivity index (χ4v) is 3.60. The molecule has 3 aromatic rings. The van der Waals surface area contributed by atoms with Gasteiger partial charge in [-0.15, -0.1) is 0 Å². The van der Waals surface area contributed by atoms with Crippen molar-refractivity contribution in [3.63, 3.8) is 0 Å². The van der Waals surface area contributed by atoms with E-state index >= 15 is 0 Å². The number of aromatic nitrogens is 3. The lowest BCUT2D eigenvalue weighted by Crippen LogP contribution is -2.21. The van der Waals surface area contributed by atoms with Crippen molar-refractivity contribution in [2.75, 3.05) is 18.5 Å². The van der Waals surface area contributed by atoms with Crippen LogP contribution in [0, 0.1) is 6.92 Å². The van der Waals surface area contributed by atoms with Crippen molar-refractivity contribution in [2.45, 2.75) is 52.1 Å². The molecule has 0 bridgehead atoms. The highest BCUT2D eigenvalue weighted by molar-refractivity contribution is 5.81. The molecule has 1 aliphatic rings. The summed E-state index contributed by atoms with van der Waals surface area (Å²) in [7, 11) is 0. The average molecular weight is 364 g/mol. The Kier molecular flexibility index (Phi) is 4.64. The predicted molar refractivity (Wildman–Crippen MR) is 109 cm³/mol. The second-order valence-electron chi connectivity index (χ2n) is 8.35. The number of nitrogens with zero attached hydrogens (tertiary/aromatic N) is 3. The van der Waals surface area contributed by atoms with E-state index in [-0.39, 0.29) is 11.5 Å². The molecule has 4 rings (SSSR count). The number of rotatable bonds is 4. The molecule has 1 fully saturated rings. The molecule has 0 radical (unpaired) electrons. The largest absolute Gasteiger partial charge is 0.376 e. The van der Waals surface area contributed by atoms with Crippen molar-refractivity contribution in [1.29, 1.82) is 0 Å². The Bertz CT molecular complexity index is 934. The average Bonchev–Trinajstić information content (AvgIpc) is 3.26. The summed E-state index contributed by atoms with van der Waals surface area (Å²) in [5.74, 6) is 0.978. The first-order chi connectivity index (χ1) is 12.9. The lowest BCUT2D eigenvalue weighted by molar-refractivity contribution is 0.120. The summed E-state index contributed by atoms with van der Waals surface area (Å²) in [6, 6.07) is 12.5. The smallest absolute Gasteiger partial charge is 0.165 e. The first-order valence-electron chi connectivity index (χ1n) is 9.75. The first kappa shape index (κ1) is 18.0. The van der Waals surface area contributed by atoms with Gasteiger partial charge in [-0.05, 0) is 25.3 Å². The Balaban J connectivity index is 1.83. The fourth-order valence-electron chi connectivity index (χ4n) is 3.60. The van der Waals surface area contributed by atoms with Gasteiger partial charge in [0.1, 0.15) is 5.82 Å². The van der Waals surface area contributed by atoms with Crippen molar-refractivity contribution in [2.24, 2.45) is 0 Å². The van der Waals surface area contributed by atoms with E-state index in [0.717, 1.165) is 60.0 Å². The van der Waals surface area contributed by atoms with Crippen molar-refractivity contribution in [1.82, 2.24) is 14.6 Å². The molecule has 1 saturated heterocycles. The Hall–Kier alpha value is -2.40. The number of hydrogen-bond acceptors (Lipinski definition) is 4. The minimum absolute atomic E-state index is 0.0474. The summed E-state index contributed by atoms with van der Waals surface area (Å²) >= 11 is 0. The van der Waals surface area contributed by atoms with E-state index in [9.17, 15) is 0 Å². The third-order valence-corrected chi connectivity index (χ3v) is 5.13. The van der Waals surface area contributed by atoms with Gasteiger partial charge in [-0.3, -0.25) is 0 Å². The molecule has 1 unspecified atom stereocenters. The zero-order chi connectivity index (χ0) is 19.0. The van der Waals surface area contributed by atoms with Crippen LogP contribution in [0.1, 0.15) is 45.0 Å². The lowest BCUT2D eigenvalue weighted by atomic mass is 9.92. The lowest BCUT2D eigenvalue weighted by Gasteiger charge is -2.20. The van der Waals surface area contributed by atoms with Gasteiger partial charge in [0.05, 0.1) is 17.5 Å². The van der Waals surface area contributed by atoms with E-state index in [1.165, 1.54) is 0 Å². The molecule has 5 nitrogen and oxygen atoms in total. The van der Waals surface area contributed by atoms with Gasteiger partial charge in [0, 0.05) is 30.2 Å². The third kappa shape index (κ3) is 3.56. The number of nitrogens with one attached hydrogen (secondary N) is 1. The number of aryl methyl sites for hydroxylation is 1. The van der Waals surface area contributed by atoms with Crippen molar-refractivity contribution in [3.05, 3.63) is 47.8 Å². The standard InChI is InChI=1S/C22H28N4O/c1-15-20(16-9-6-5-7-10-16)21-24-18(22(2,3)4)13-19(26(21)25-15)23-14-17-11-8-12-27-17/h5-7,9-10,13,17,23H,8,11-12,14H2,1-4H3. The number of hydrogen-bond donors (Lipinski definition) is 1. The van der Waals surface area contributed by atoms with E-state index in [1.807, 2.05) is 10.6 Å². The molecule has 142 valence electrons. The minimum Gasteiger partial charge on any atom is -0.376 e. The zero-order valence-corrected chi connectivity index (χ0v) is 16.6. The normalized spacial score (nSPS) is 17.6. The maximum absolute atomic E-state index is 5.77. The van der Waals surface area contributed by atoms with Crippen LogP contribution < -0.4 is 5.32 Å². The summed E-state index contributed by atoms with van der Waals surface area (Å²) in [6.45, 7) is 10.3. The van der Waals surface area contributed by atoms with E-state index in [1.54, 1.807) is 0 Å². The molecule has 0 saturated carbocycles. The molecular weight excluding hydrogens is 336 g/mol. The van der Waals surface area contributed by atoms with Gasteiger partial charge in [-0.2, -0.15) is 9.61 Å². The van der Waals surface area contributed by atoms with Gasteiger partial charge in [-0.1, -0.05) is 51.1 Å². The first-order valence-corrected chi connectivity index (χ1v) is 9.75. The van der Waals surface area contributed by atoms with Crippen LogP contribution in [0.4, 0.5) is 5.82 Å². The Labute approximate surface area is 160 Å². The third-order valence-electron chi connectivity index (χ3n) is 5.13. The van der Waals surface area contributed by atoms with Crippen LogP contribution in [0.5, 0.6) is 0 Å². The van der Waals surface area contributed by atoms with Crippen LogP contribution in [0.3, 0.4) is 0 Å². The molecular formula is C22H28N4O. The molecule has 5 heteroatoms. The van der Waals surface area contributed by atoms with Crippen LogP contribution >= 0.6 is 0 Å². The Morgan fingerprint density at radius 3 is 2.67 bits per heavy atom. The monoisotopic (exact) mass is 364 g/mol. The number of anilines is 1. The molecule has 1 atom stereocenters. The molecule has 2 aromatic heterocycles. The van der Waals surface area contributed by atoms with Crippen LogP contribution in [-0.2, 0) is 10.2 Å². The second-order valence-corrected chi connectivity index (χ2v) is 8.35. The van der Waals surface area contributed by atoms with Gasteiger partial charge in [0.25, 0.3) is 0 Å². The van der Waals surface area contributed by atoms with E-state index in [4.69, 9.17) is 14.8 Å². The van der Waals surface area contributed by atoms with Crippen LogP contribution in [-0.4, -0.2) is 33.9 Å². The summed E-state index contributed by atoms with van der Waals surface area (Å²) in [4.78, 5) is 5.01. The second kappa shape index (κ2) is 6.97. The molecule has 1 N–H and O–H groups in total. The van der Waals surface area contributed by atoms with Gasteiger partial charge >= 0.3 is 0 Å². The maximum Gasteiger partial charge on any atom is 0.165 e. The van der Waals surface area contributed by atoms with Crippen molar-refractivity contribution >= 4 is 11.5 Å². The molecule has 0 spiro atoms. The summed E-state index contributed by atoms with van der Waals surface area (Å²) < 4.78 is 7.72. The van der Waals surface area contributed by atoms with Crippen LogP contribution in [0.2, 0.25) is 0 Å². The maximum atomic E-state index is 5.77. The Morgan fingerprint density at radius 2 is 2.00 bits per heavy atom. The number of fused-ring (bicyclic) bond motifs is 1. The van der Waals surface area contributed by atoms with E-state index in [0.29, 0.717) is 0 Å². The molecule has 0 amide bonds. The van der Waals surface area contributed by atoms with Crippen LogP contribution in [0.25, 0.3) is 16.8 Å². The molecule has 1 aromatic carbocycles. The minimum atomic E-state index is -0.0474. The van der Waals surface area contributed by atoms with Gasteiger partial charge in [0.15, 0.2) is 5.65 Å². The van der Waals surface area contributed by atoms with Crippen molar-refractivity contribution < 1.29 is 4.74 Å². The summed E-state index contributed by atoms with van der Waals surface area (Å²) in [5, 5.41) is 8.38. The van der Waals surface area contributed by atoms with Crippen LogP contribution in [0.15, 0.2) is 36.4 Å². The van der Waals surface area contributed by atoms with Gasteiger partial charge < -0.3 is 10.1 Å². The predicted octanol–water partition coefficient (Wildman–Crippen LogP) is 4.59. The van der Waals surface area contributed by atoms with Gasteiger partial charge in [-0.25, -0.2) is 4.98 Å².